The van der Waals surface area contributed by atoms with E-state index in [9.17, 15) is 9.18 Å². The van der Waals surface area contributed by atoms with Gasteiger partial charge in [-0.15, -0.1) is 0 Å². The number of benzene rings is 4. The van der Waals surface area contributed by atoms with Gasteiger partial charge >= 0.3 is 0 Å². The van der Waals surface area contributed by atoms with E-state index in [4.69, 9.17) is 9.47 Å². The first kappa shape index (κ1) is 21.1. The molecule has 0 aliphatic carbocycles. The topological polar surface area (TPSA) is 59.9 Å². The number of carbonyl (C=O) groups excluding carboxylic acids is 1. The first-order chi connectivity index (χ1) is 15.6. The van der Waals surface area contributed by atoms with Gasteiger partial charge in [-0.25, -0.2) is 9.82 Å². The van der Waals surface area contributed by atoms with Gasteiger partial charge in [0, 0.05) is 11.1 Å². The highest BCUT2D eigenvalue weighted by Crippen LogP contribution is 2.27. The van der Waals surface area contributed by atoms with Crippen LogP contribution in [0.3, 0.4) is 0 Å². The average molecular weight is 428 g/mol. The lowest BCUT2D eigenvalue weighted by atomic mass is 10.0. The summed E-state index contributed by atoms with van der Waals surface area (Å²) in [7, 11) is 1.57. The second-order valence-corrected chi connectivity index (χ2v) is 7.04. The molecular weight excluding hydrogens is 407 g/mol. The summed E-state index contributed by atoms with van der Waals surface area (Å²) in [5.74, 6) is 0.650. The van der Waals surface area contributed by atoms with Gasteiger partial charge in [-0.2, -0.15) is 5.10 Å². The van der Waals surface area contributed by atoms with E-state index in [1.165, 1.54) is 12.1 Å². The van der Waals surface area contributed by atoms with E-state index in [2.05, 4.69) is 10.5 Å². The van der Waals surface area contributed by atoms with Crippen LogP contribution in [-0.4, -0.2) is 19.2 Å². The van der Waals surface area contributed by atoms with Crippen LogP contribution in [0.5, 0.6) is 11.5 Å². The number of carbonyl (C=O) groups is 1. The molecule has 160 valence electrons. The number of halogens is 1. The van der Waals surface area contributed by atoms with Crippen LogP contribution in [0.2, 0.25) is 0 Å². The minimum absolute atomic E-state index is 0.275. The fourth-order valence-corrected chi connectivity index (χ4v) is 3.24. The summed E-state index contributed by atoms with van der Waals surface area (Å²) in [5.41, 5.74) is 4.59. The molecule has 0 bridgehead atoms. The van der Waals surface area contributed by atoms with Crippen molar-refractivity contribution in [2.45, 2.75) is 6.61 Å². The summed E-state index contributed by atoms with van der Waals surface area (Å²) in [5, 5.41) is 6.11. The fourth-order valence-electron chi connectivity index (χ4n) is 3.24. The van der Waals surface area contributed by atoms with E-state index in [0.717, 1.165) is 21.9 Å². The molecule has 0 radical (unpaired) electrons. The smallest absolute Gasteiger partial charge is 0.271 e. The van der Waals surface area contributed by atoms with Crippen LogP contribution >= 0.6 is 0 Å². The van der Waals surface area contributed by atoms with Crippen molar-refractivity contribution < 1.29 is 18.7 Å². The van der Waals surface area contributed by atoms with Crippen molar-refractivity contribution in [3.63, 3.8) is 0 Å². The number of fused-ring (bicyclic) bond motifs is 1. The maximum absolute atomic E-state index is 13.2. The van der Waals surface area contributed by atoms with Gasteiger partial charge in [0.05, 0.1) is 13.3 Å². The van der Waals surface area contributed by atoms with Crippen LogP contribution in [0.1, 0.15) is 21.5 Å². The second kappa shape index (κ2) is 9.75. The van der Waals surface area contributed by atoms with Gasteiger partial charge in [0.25, 0.3) is 5.91 Å². The van der Waals surface area contributed by atoms with Gasteiger partial charge in [0.15, 0.2) is 0 Å². The van der Waals surface area contributed by atoms with Crippen molar-refractivity contribution in [3.8, 4) is 11.5 Å². The van der Waals surface area contributed by atoms with E-state index >= 15 is 0 Å². The average Bonchev–Trinajstić information content (AvgIpc) is 2.84. The van der Waals surface area contributed by atoms with Gasteiger partial charge in [-0.1, -0.05) is 42.5 Å². The molecule has 0 saturated heterocycles. The predicted molar refractivity (Wildman–Crippen MR) is 123 cm³/mol. The first-order valence-corrected chi connectivity index (χ1v) is 10.0. The van der Waals surface area contributed by atoms with Gasteiger partial charge in [-0.3, -0.25) is 4.79 Å². The molecule has 0 aliphatic heterocycles. The molecule has 0 saturated carbocycles. The Morgan fingerprint density at radius 3 is 2.47 bits per heavy atom. The molecule has 0 atom stereocenters. The van der Waals surface area contributed by atoms with E-state index in [1.807, 2.05) is 36.4 Å². The largest absolute Gasteiger partial charge is 0.497 e. The molecule has 1 amide bonds. The Kier molecular flexibility index (Phi) is 6.41. The number of nitrogens with zero attached hydrogens (tertiary/aromatic N) is 1. The second-order valence-electron chi connectivity index (χ2n) is 7.04. The van der Waals surface area contributed by atoms with Gasteiger partial charge in [0.1, 0.15) is 23.9 Å². The van der Waals surface area contributed by atoms with Crippen molar-refractivity contribution in [1.82, 2.24) is 5.43 Å². The van der Waals surface area contributed by atoms with E-state index in [-0.39, 0.29) is 18.3 Å². The fraction of sp³-hybridized carbons (Fsp3) is 0.0769. The van der Waals surface area contributed by atoms with Crippen LogP contribution in [-0.2, 0) is 6.61 Å². The molecule has 0 spiro atoms. The summed E-state index contributed by atoms with van der Waals surface area (Å²) in [6, 6.07) is 24.6. The number of methoxy groups -OCH3 is 1. The molecule has 32 heavy (non-hydrogen) atoms. The number of nitrogens with one attached hydrogen (secondary N) is 1. The summed E-state index contributed by atoms with van der Waals surface area (Å²) in [4.78, 5) is 12.4. The lowest BCUT2D eigenvalue weighted by Crippen LogP contribution is -2.17. The van der Waals surface area contributed by atoms with Gasteiger partial charge in [0.2, 0.25) is 0 Å². The van der Waals surface area contributed by atoms with E-state index < -0.39 is 0 Å². The zero-order valence-corrected chi connectivity index (χ0v) is 17.4. The highest BCUT2D eigenvalue weighted by Gasteiger charge is 2.09. The van der Waals surface area contributed by atoms with Crippen molar-refractivity contribution in [2.24, 2.45) is 5.10 Å². The highest BCUT2D eigenvalue weighted by atomic mass is 19.1. The SMILES string of the molecule is COc1ccc(C(=O)N/N=C\c2c(OCc3ccc(F)cc3)ccc3ccccc23)cc1. The zero-order chi connectivity index (χ0) is 22.3. The molecule has 1 N–H and O–H groups in total. The molecule has 4 aromatic rings. The molecule has 4 aromatic carbocycles. The normalized spacial score (nSPS) is 10.9. The molecule has 0 fully saturated rings. The Morgan fingerprint density at radius 1 is 0.969 bits per heavy atom. The zero-order valence-electron chi connectivity index (χ0n) is 17.4. The summed E-state index contributed by atoms with van der Waals surface area (Å²) < 4.78 is 24.3. The molecule has 5 nitrogen and oxygen atoms in total. The van der Waals surface area contributed by atoms with Crippen LogP contribution in [0.25, 0.3) is 10.8 Å². The quantitative estimate of drug-likeness (QED) is 0.320. The van der Waals surface area contributed by atoms with Crippen LogP contribution in [0, 0.1) is 5.82 Å². The predicted octanol–water partition coefficient (Wildman–Crippen LogP) is 5.33. The molecule has 0 heterocycles. The van der Waals surface area contributed by atoms with Crippen LogP contribution in [0.4, 0.5) is 4.39 Å². The third-order valence-electron chi connectivity index (χ3n) is 4.95. The summed E-state index contributed by atoms with van der Waals surface area (Å²) >= 11 is 0. The van der Waals surface area contributed by atoms with Crippen molar-refractivity contribution in [2.75, 3.05) is 7.11 Å². The lowest BCUT2D eigenvalue weighted by molar-refractivity contribution is 0.0955. The maximum atomic E-state index is 13.2. The number of amides is 1. The Labute approximate surface area is 185 Å². The van der Waals surface area contributed by atoms with Crippen LogP contribution in [0.15, 0.2) is 90.0 Å². The monoisotopic (exact) mass is 428 g/mol. The Bertz CT molecular complexity index is 1250. The molecule has 0 unspecified atom stereocenters. The standard InChI is InChI=1S/C26H21FN2O3/c1-31-22-13-8-20(9-14-22)26(30)29-28-16-24-23-5-3-2-4-19(23)10-15-25(24)32-17-18-6-11-21(27)12-7-18/h2-16H,17H2,1H3,(H,29,30)/b28-16-. The minimum Gasteiger partial charge on any atom is -0.497 e. The van der Waals surface area contributed by atoms with E-state index in [1.54, 1.807) is 49.7 Å². The first-order valence-electron chi connectivity index (χ1n) is 10.0. The Hall–Kier alpha value is -4.19. The van der Waals surface area contributed by atoms with Crippen LogP contribution < -0.4 is 14.9 Å². The van der Waals surface area contributed by atoms with Crippen molar-refractivity contribution in [1.29, 1.82) is 0 Å². The number of ether oxygens (including phenoxy) is 2. The molecule has 4 rings (SSSR count). The minimum atomic E-state index is -0.335. The molecule has 0 aromatic heterocycles. The molecule has 0 aliphatic rings. The summed E-state index contributed by atoms with van der Waals surface area (Å²) in [6.07, 6.45) is 1.57. The number of hydrogen-bond acceptors (Lipinski definition) is 4. The van der Waals surface area contributed by atoms with E-state index in [0.29, 0.717) is 17.1 Å². The Balaban J connectivity index is 1.55. The van der Waals surface area contributed by atoms with Crippen molar-refractivity contribution >= 4 is 22.9 Å². The van der Waals surface area contributed by atoms with Gasteiger partial charge < -0.3 is 9.47 Å². The number of hydrazone groups is 1. The highest BCUT2D eigenvalue weighted by molar-refractivity contribution is 6.03. The number of rotatable bonds is 7. The lowest BCUT2D eigenvalue weighted by Gasteiger charge is -2.12. The Morgan fingerprint density at radius 2 is 1.72 bits per heavy atom. The molecule has 6 heteroatoms. The third kappa shape index (κ3) is 4.92. The third-order valence-corrected chi connectivity index (χ3v) is 4.95. The maximum Gasteiger partial charge on any atom is 0.271 e. The summed E-state index contributed by atoms with van der Waals surface area (Å²) in [6.45, 7) is 0.275. The number of hydrogen-bond donors (Lipinski definition) is 1. The molecular formula is C26H21FN2O3. The van der Waals surface area contributed by atoms with Gasteiger partial charge in [-0.05, 0) is 58.8 Å². The van der Waals surface area contributed by atoms with Crippen molar-refractivity contribution in [3.05, 3.63) is 107 Å².